The molecule has 1 aromatic carbocycles. The molecule has 3 nitrogen and oxygen atoms in total. The Morgan fingerprint density at radius 2 is 1.57 bits per heavy atom. The summed E-state index contributed by atoms with van der Waals surface area (Å²) in [6.45, 7) is 0. The summed E-state index contributed by atoms with van der Waals surface area (Å²) in [6.07, 6.45) is 2.53. The van der Waals surface area contributed by atoms with Crippen molar-refractivity contribution in [3.63, 3.8) is 0 Å². The Kier molecular flexibility index (Phi) is 4.59. The molecule has 0 fully saturated rings. The van der Waals surface area contributed by atoms with E-state index in [-0.39, 0.29) is 0 Å². The van der Waals surface area contributed by atoms with Crippen LogP contribution in [0.15, 0.2) is 24.3 Å². The van der Waals surface area contributed by atoms with Gasteiger partial charge in [0.25, 0.3) is 0 Å². The average molecular weight is 195 g/mol. The van der Waals surface area contributed by atoms with Gasteiger partial charge >= 0.3 is 0 Å². The molecule has 0 atom stereocenters. The van der Waals surface area contributed by atoms with Gasteiger partial charge in [-0.15, -0.1) is 0 Å². The molecule has 3 heteroatoms. The molecule has 0 unspecified atom stereocenters. The maximum atomic E-state index is 4.51. The first-order valence-electron chi connectivity index (χ1n) is 4.66. The second-order valence-electron chi connectivity index (χ2n) is 3.12. The number of hydrogen-bond donors (Lipinski definition) is 0. The van der Waals surface area contributed by atoms with Crippen LogP contribution in [0.3, 0.4) is 0 Å². The van der Waals surface area contributed by atoms with Crippen LogP contribution in [0.25, 0.3) is 0 Å². The van der Waals surface area contributed by atoms with E-state index in [0.29, 0.717) is 0 Å². The fourth-order valence-corrected chi connectivity index (χ4v) is 1.30. The molecule has 1 aliphatic carbocycles. The van der Waals surface area contributed by atoms with Crippen LogP contribution >= 0.6 is 0 Å². The Bertz CT molecular complexity index is 252. The molecule has 14 heavy (non-hydrogen) atoms. The predicted octanol–water partition coefficient (Wildman–Crippen LogP) is 1.83. The number of hydroxylamine groups is 2. The first kappa shape index (κ1) is 11.2. The summed E-state index contributed by atoms with van der Waals surface area (Å²) < 4.78 is 0. The fraction of sp³-hybridized carbons (Fsp3) is 0.455. The minimum Gasteiger partial charge on any atom is -0.278 e. The summed E-state index contributed by atoms with van der Waals surface area (Å²) in [7, 11) is 4.73. The van der Waals surface area contributed by atoms with Gasteiger partial charge in [-0.1, -0.05) is 29.5 Å². The highest BCUT2D eigenvalue weighted by molar-refractivity contribution is 5.29. The lowest BCUT2D eigenvalue weighted by atomic mass is 10.2. The molecule has 2 bridgehead atoms. The summed E-state index contributed by atoms with van der Waals surface area (Å²) in [4.78, 5) is 9.02. The lowest BCUT2D eigenvalue weighted by Crippen LogP contribution is -2.13. The van der Waals surface area contributed by atoms with Crippen molar-refractivity contribution >= 4 is 0 Å². The zero-order chi connectivity index (χ0) is 10.4. The molecule has 0 saturated carbocycles. The second kappa shape index (κ2) is 5.75. The first-order valence-corrected chi connectivity index (χ1v) is 4.66. The molecule has 0 aromatic heterocycles. The highest BCUT2D eigenvalue weighted by Gasteiger charge is 2.02. The van der Waals surface area contributed by atoms with Gasteiger partial charge in [0.05, 0.1) is 14.2 Å². The Balaban J connectivity index is 0.000000149. The molecule has 0 aliphatic heterocycles. The van der Waals surface area contributed by atoms with Crippen molar-refractivity contribution in [3.8, 4) is 0 Å². The van der Waals surface area contributed by atoms with Crippen LogP contribution in [0.5, 0.6) is 0 Å². The van der Waals surface area contributed by atoms with Crippen LogP contribution < -0.4 is 0 Å². The lowest BCUT2D eigenvalue weighted by molar-refractivity contribution is -0.325. The molecule has 0 spiro atoms. The van der Waals surface area contributed by atoms with E-state index in [0.717, 1.165) is 0 Å². The molecular formula is C11H17NO2. The molecule has 0 saturated heterocycles. The zero-order valence-electron chi connectivity index (χ0n) is 8.99. The number of fused-ring (bicyclic) bond motifs is 2. The highest BCUT2D eigenvalue weighted by Crippen LogP contribution is 2.15. The van der Waals surface area contributed by atoms with Crippen molar-refractivity contribution in [1.29, 1.82) is 0 Å². The number of aryl methyl sites for hydroxylation is 2. The van der Waals surface area contributed by atoms with Crippen LogP contribution in [0.4, 0.5) is 0 Å². The Morgan fingerprint density at radius 1 is 1.07 bits per heavy atom. The predicted molar refractivity (Wildman–Crippen MR) is 55.6 cm³/mol. The van der Waals surface area contributed by atoms with Gasteiger partial charge in [0.2, 0.25) is 0 Å². The van der Waals surface area contributed by atoms with Crippen molar-refractivity contribution in [2.24, 2.45) is 0 Å². The normalized spacial score (nSPS) is 12.6. The minimum absolute atomic E-state index is 1.25. The third kappa shape index (κ3) is 3.46. The third-order valence-electron chi connectivity index (χ3n) is 2.21. The van der Waals surface area contributed by atoms with Gasteiger partial charge in [-0.05, 0) is 24.0 Å². The van der Waals surface area contributed by atoms with Crippen LogP contribution in [-0.2, 0) is 22.5 Å². The molecule has 1 aliphatic rings. The number of rotatable bonds is 2. The third-order valence-corrected chi connectivity index (χ3v) is 2.21. The van der Waals surface area contributed by atoms with E-state index in [1.165, 1.54) is 43.4 Å². The smallest absolute Gasteiger partial charge is 0.0601 e. The summed E-state index contributed by atoms with van der Waals surface area (Å²) in [5.74, 6) is 0. The van der Waals surface area contributed by atoms with Crippen molar-refractivity contribution in [2.45, 2.75) is 12.8 Å². The topological polar surface area (TPSA) is 21.7 Å². The summed E-state index contributed by atoms with van der Waals surface area (Å²) in [6, 6.07) is 8.80. The average Bonchev–Trinajstić information content (AvgIpc) is 2.57. The minimum atomic E-state index is 1.25. The number of benzene rings is 1. The maximum Gasteiger partial charge on any atom is 0.0601 e. The van der Waals surface area contributed by atoms with Gasteiger partial charge in [0, 0.05) is 7.05 Å². The van der Waals surface area contributed by atoms with E-state index in [4.69, 9.17) is 0 Å². The number of hydrogen-bond acceptors (Lipinski definition) is 3. The van der Waals surface area contributed by atoms with E-state index in [1.807, 2.05) is 0 Å². The standard InChI is InChI=1S/C8H8.C3H9NO2/c1-2-7-4-5-8(3-1)6-7;1-4(5-2)6-3/h1-3,6H,4-5H2;1-3H3. The Labute approximate surface area is 85.2 Å². The van der Waals surface area contributed by atoms with Gasteiger partial charge in [-0.3, -0.25) is 9.68 Å². The monoisotopic (exact) mass is 195 g/mol. The summed E-state index contributed by atoms with van der Waals surface area (Å²) in [5, 5.41) is 1.25. The van der Waals surface area contributed by atoms with Crippen molar-refractivity contribution in [2.75, 3.05) is 21.3 Å². The largest absolute Gasteiger partial charge is 0.278 e. The van der Waals surface area contributed by atoms with E-state index in [9.17, 15) is 0 Å². The van der Waals surface area contributed by atoms with Gasteiger partial charge in [0.15, 0.2) is 0 Å². The molecule has 0 amide bonds. The van der Waals surface area contributed by atoms with Crippen molar-refractivity contribution in [1.82, 2.24) is 5.23 Å². The summed E-state index contributed by atoms with van der Waals surface area (Å²) in [5.41, 5.74) is 3.00. The Morgan fingerprint density at radius 3 is 1.86 bits per heavy atom. The molecule has 0 radical (unpaired) electrons. The van der Waals surface area contributed by atoms with Gasteiger partial charge < -0.3 is 0 Å². The highest BCUT2D eigenvalue weighted by atomic mass is 16.9. The second-order valence-corrected chi connectivity index (χ2v) is 3.12. The van der Waals surface area contributed by atoms with Crippen molar-refractivity contribution < 1.29 is 9.68 Å². The van der Waals surface area contributed by atoms with Gasteiger partial charge in [-0.25, -0.2) is 0 Å². The van der Waals surface area contributed by atoms with E-state index >= 15 is 0 Å². The first-order chi connectivity index (χ1) is 6.76. The van der Waals surface area contributed by atoms with Crippen LogP contribution in [-0.4, -0.2) is 26.5 Å². The molecule has 2 rings (SSSR count). The SMILES string of the molecule is CON(C)OC.c1cc2cc(c1)CC2. The van der Waals surface area contributed by atoms with Crippen molar-refractivity contribution in [3.05, 3.63) is 35.4 Å². The van der Waals surface area contributed by atoms with E-state index in [1.54, 1.807) is 7.05 Å². The Hall–Kier alpha value is -0.900. The quantitative estimate of drug-likeness (QED) is 0.672. The number of nitrogens with zero attached hydrogens (tertiary/aromatic N) is 1. The van der Waals surface area contributed by atoms with Crippen LogP contribution in [0, 0.1) is 0 Å². The molecule has 0 N–H and O–H groups in total. The van der Waals surface area contributed by atoms with Crippen LogP contribution in [0.2, 0.25) is 0 Å². The maximum absolute atomic E-state index is 4.51. The molecule has 78 valence electrons. The molecule has 0 heterocycles. The molecular weight excluding hydrogens is 178 g/mol. The zero-order valence-corrected chi connectivity index (χ0v) is 8.99. The molecule has 1 aromatic rings. The van der Waals surface area contributed by atoms with E-state index in [2.05, 4.69) is 33.9 Å². The van der Waals surface area contributed by atoms with Crippen LogP contribution in [0.1, 0.15) is 11.1 Å². The lowest BCUT2D eigenvalue weighted by Gasteiger charge is -2.06. The van der Waals surface area contributed by atoms with Gasteiger partial charge in [-0.2, -0.15) is 0 Å². The fourth-order valence-electron chi connectivity index (χ4n) is 1.30. The summed E-state index contributed by atoms with van der Waals surface area (Å²) >= 11 is 0. The van der Waals surface area contributed by atoms with E-state index < -0.39 is 0 Å². The van der Waals surface area contributed by atoms with Gasteiger partial charge in [0.1, 0.15) is 0 Å².